The van der Waals surface area contributed by atoms with Crippen LogP contribution in [-0.2, 0) is 19.5 Å². The van der Waals surface area contributed by atoms with E-state index in [0.717, 1.165) is 36.6 Å². The van der Waals surface area contributed by atoms with Gasteiger partial charge in [0.25, 0.3) is 5.91 Å². The minimum absolute atomic E-state index is 0.139. The van der Waals surface area contributed by atoms with Crippen LogP contribution in [0.25, 0.3) is 11.2 Å². The van der Waals surface area contributed by atoms with Crippen LogP contribution in [-0.4, -0.2) is 41.5 Å². The maximum absolute atomic E-state index is 12.5. The fourth-order valence-electron chi connectivity index (χ4n) is 3.27. The lowest BCUT2D eigenvalue weighted by Gasteiger charge is -2.08. The van der Waals surface area contributed by atoms with Crippen molar-refractivity contribution in [1.82, 2.24) is 34.4 Å². The quantitative estimate of drug-likeness (QED) is 0.468. The second-order valence-corrected chi connectivity index (χ2v) is 6.76. The van der Waals surface area contributed by atoms with Gasteiger partial charge in [-0.2, -0.15) is 0 Å². The number of aromatic nitrogens is 6. The molecule has 0 aliphatic carbocycles. The minimum atomic E-state index is -0.139. The zero-order valence-corrected chi connectivity index (χ0v) is 16.3. The van der Waals surface area contributed by atoms with Gasteiger partial charge >= 0.3 is 0 Å². The molecular formula is C21H23N7O. The summed E-state index contributed by atoms with van der Waals surface area (Å²) in [7, 11) is 0. The number of rotatable bonds is 8. The molecule has 0 saturated heterocycles. The van der Waals surface area contributed by atoms with Gasteiger partial charge in [-0.25, -0.2) is 15.0 Å². The lowest BCUT2D eigenvalue weighted by Crippen LogP contribution is -2.25. The molecule has 4 aromatic heterocycles. The van der Waals surface area contributed by atoms with Crippen LogP contribution >= 0.6 is 0 Å². The molecule has 0 fully saturated rings. The molecule has 0 saturated carbocycles. The number of pyridine rings is 2. The third-order valence-electron chi connectivity index (χ3n) is 4.76. The molecule has 1 amide bonds. The molecule has 148 valence electrons. The van der Waals surface area contributed by atoms with Gasteiger partial charge in [0.1, 0.15) is 11.3 Å². The molecule has 4 rings (SSSR count). The Balaban J connectivity index is 1.36. The first-order valence-electron chi connectivity index (χ1n) is 9.73. The zero-order valence-electron chi connectivity index (χ0n) is 16.3. The third kappa shape index (κ3) is 4.31. The number of nitrogens with zero attached hydrogens (tertiary/aromatic N) is 6. The largest absolute Gasteiger partial charge is 0.352 e. The summed E-state index contributed by atoms with van der Waals surface area (Å²) in [6, 6.07) is 7.57. The molecule has 0 radical (unpaired) electrons. The number of aryl methyl sites for hydroxylation is 2. The molecule has 0 spiro atoms. The first-order valence-corrected chi connectivity index (χ1v) is 9.73. The highest BCUT2D eigenvalue weighted by atomic mass is 16.1. The summed E-state index contributed by atoms with van der Waals surface area (Å²) in [5.74, 6) is 0.923. The van der Waals surface area contributed by atoms with Gasteiger partial charge in [-0.1, -0.05) is 13.0 Å². The van der Waals surface area contributed by atoms with Gasteiger partial charge in [0.15, 0.2) is 5.65 Å². The Hall–Kier alpha value is -3.55. The maximum Gasteiger partial charge on any atom is 0.252 e. The van der Waals surface area contributed by atoms with Gasteiger partial charge in [0.05, 0.1) is 24.1 Å². The van der Waals surface area contributed by atoms with Crippen molar-refractivity contribution in [3.8, 4) is 0 Å². The topological polar surface area (TPSA) is 90.5 Å². The minimum Gasteiger partial charge on any atom is -0.352 e. The van der Waals surface area contributed by atoms with Gasteiger partial charge in [-0.15, -0.1) is 0 Å². The standard InChI is InChI=1S/C21H23N7O/c1-2-19-23-9-11-27(19)10-5-8-24-21(29)16-12-18-20(25-13-16)28(15-26-18)14-17-6-3-4-7-22-17/h3-4,6-7,9,11-13,15H,2,5,8,10,14H2,1H3,(H,24,29). The molecule has 0 aliphatic heterocycles. The number of hydrogen-bond donors (Lipinski definition) is 1. The van der Waals surface area contributed by atoms with E-state index in [4.69, 9.17) is 0 Å². The smallest absolute Gasteiger partial charge is 0.252 e. The van der Waals surface area contributed by atoms with Crippen LogP contribution in [0.15, 0.2) is 55.4 Å². The SMILES string of the molecule is CCc1nccn1CCCNC(=O)c1cnc2c(c1)ncn2Cc1ccccn1. The Morgan fingerprint density at radius 1 is 1.10 bits per heavy atom. The zero-order chi connectivity index (χ0) is 20.1. The van der Waals surface area contributed by atoms with Crippen LogP contribution in [0, 0.1) is 0 Å². The maximum atomic E-state index is 12.5. The van der Waals surface area contributed by atoms with E-state index in [-0.39, 0.29) is 5.91 Å². The fourth-order valence-corrected chi connectivity index (χ4v) is 3.27. The number of amides is 1. The van der Waals surface area contributed by atoms with Crippen LogP contribution < -0.4 is 5.32 Å². The summed E-state index contributed by atoms with van der Waals surface area (Å²) in [6.45, 7) is 4.09. The van der Waals surface area contributed by atoms with Crippen LogP contribution in [0.4, 0.5) is 0 Å². The van der Waals surface area contributed by atoms with E-state index in [1.165, 1.54) is 0 Å². The van der Waals surface area contributed by atoms with E-state index in [1.54, 1.807) is 24.8 Å². The first-order chi connectivity index (χ1) is 14.2. The summed E-state index contributed by atoms with van der Waals surface area (Å²) >= 11 is 0. The molecule has 8 heteroatoms. The molecule has 0 unspecified atom stereocenters. The van der Waals surface area contributed by atoms with E-state index in [2.05, 4.69) is 36.7 Å². The molecule has 0 bridgehead atoms. The monoisotopic (exact) mass is 389 g/mol. The molecule has 8 nitrogen and oxygen atoms in total. The molecule has 0 aromatic carbocycles. The Bertz CT molecular complexity index is 1100. The van der Waals surface area contributed by atoms with Crippen molar-refractivity contribution in [1.29, 1.82) is 0 Å². The highest BCUT2D eigenvalue weighted by molar-refractivity contribution is 5.96. The first kappa shape index (κ1) is 18.8. The molecule has 4 aromatic rings. The van der Waals surface area contributed by atoms with E-state index in [9.17, 15) is 4.79 Å². The van der Waals surface area contributed by atoms with E-state index in [0.29, 0.717) is 24.2 Å². The summed E-state index contributed by atoms with van der Waals surface area (Å²) in [5.41, 5.74) is 2.87. The van der Waals surface area contributed by atoms with Crippen molar-refractivity contribution in [2.45, 2.75) is 32.9 Å². The molecule has 0 atom stereocenters. The number of carbonyl (C=O) groups is 1. The molecular weight excluding hydrogens is 366 g/mol. The average molecular weight is 389 g/mol. The predicted molar refractivity (Wildman–Crippen MR) is 109 cm³/mol. The van der Waals surface area contributed by atoms with Crippen molar-refractivity contribution in [2.24, 2.45) is 0 Å². The Labute approximate surface area is 168 Å². The van der Waals surface area contributed by atoms with Crippen molar-refractivity contribution >= 4 is 17.1 Å². The van der Waals surface area contributed by atoms with E-state index in [1.807, 2.05) is 35.2 Å². The van der Waals surface area contributed by atoms with Crippen LogP contribution in [0.1, 0.15) is 35.2 Å². The summed E-state index contributed by atoms with van der Waals surface area (Å²) in [5, 5.41) is 2.95. The fraction of sp³-hybridized carbons (Fsp3) is 0.286. The Morgan fingerprint density at radius 3 is 2.86 bits per heavy atom. The summed E-state index contributed by atoms with van der Waals surface area (Å²) in [6.07, 6.45) is 10.6. The van der Waals surface area contributed by atoms with Crippen molar-refractivity contribution in [2.75, 3.05) is 6.54 Å². The van der Waals surface area contributed by atoms with E-state index < -0.39 is 0 Å². The van der Waals surface area contributed by atoms with Gasteiger partial charge in [0.2, 0.25) is 0 Å². The molecule has 4 heterocycles. The highest BCUT2D eigenvalue weighted by Crippen LogP contribution is 2.13. The Morgan fingerprint density at radius 2 is 2.03 bits per heavy atom. The Kier molecular flexibility index (Phi) is 5.60. The van der Waals surface area contributed by atoms with E-state index >= 15 is 0 Å². The van der Waals surface area contributed by atoms with Gasteiger partial charge in [-0.3, -0.25) is 9.78 Å². The number of hydrogen-bond acceptors (Lipinski definition) is 5. The van der Waals surface area contributed by atoms with Crippen molar-refractivity contribution in [3.05, 3.63) is 72.5 Å². The number of nitrogens with one attached hydrogen (secondary N) is 1. The lowest BCUT2D eigenvalue weighted by atomic mass is 10.2. The van der Waals surface area contributed by atoms with Crippen LogP contribution in [0.5, 0.6) is 0 Å². The van der Waals surface area contributed by atoms with Crippen molar-refractivity contribution in [3.63, 3.8) is 0 Å². The van der Waals surface area contributed by atoms with Crippen molar-refractivity contribution < 1.29 is 4.79 Å². The lowest BCUT2D eigenvalue weighted by molar-refractivity contribution is 0.0952. The molecule has 1 N–H and O–H groups in total. The second kappa shape index (κ2) is 8.64. The number of carbonyl (C=O) groups excluding carboxylic acids is 1. The highest BCUT2D eigenvalue weighted by Gasteiger charge is 2.11. The summed E-state index contributed by atoms with van der Waals surface area (Å²) < 4.78 is 4.05. The molecule has 0 aliphatic rings. The summed E-state index contributed by atoms with van der Waals surface area (Å²) in [4.78, 5) is 29.9. The third-order valence-corrected chi connectivity index (χ3v) is 4.76. The average Bonchev–Trinajstić information content (AvgIpc) is 3.38. The molecule has 29 heavy (non-hydrogen) atoms. The second-order valence-electron chi connectivity index (χ2n) is 6.76. The normalized spacial score (nSPS) is 11.1. The number of fused-ring (bicyclic) bond motifs is 1. The van der Waals surface area contributed by atoms with Gasteiger partial charge in [-0.05, 0) is 24.6 Å². The van der Waals surface area contributed by atoms with Gasteiger partial charge in [0, 0.05) is 44.3 Å². The number of imidazole rings is 2. The van der Waals surface area contributed by atoms with Crippen LogP contribution in [0.3, 0.4) is 0 Å². The predicted octanol–water partition coefficient (Wildman–Crippen LogP) is 2.45. The van der Waals surface area contributed by atoms with Crippen LogP contribution in [0.2, 0.25) is 0 Å². The van der Waals surface area contributed by atoms with Gasteiger partial charge < -0.3 is 14.5 Å².